The molecule has 0 atom stereocenters. The molecule has 1 rings (SSSR count). The molecule has 0 saturated heterocycles. The van der Waals surface area contributed by atoms with Gasteiger partial charge in [-0.3, -0.25) is 4.18 Å². The molecule has 0 spiro atoms. The van der Waals surface area contributed by atoms with E-state index in [-0.39, 0.29) is 30.7 Å². The minimum Gasteiger partial charge on any atom is -0.464 e. The van der Waals surface area contributed by atoms with Crippen molar-refractivity contribution in [1.82, 2.24) is 0 Å². The zero-order chi connectivity index (χ0) is 27.7. The number of carbonyl (C=O) groups excluding carboxylic acids is 1. The van der Waals surface area contributed by atoms with Gasteiger partial charge in [-0.05, 0) is 26.0 Å². The Labute approximate surface area is 225 Å². The van der Waals surface area contributed by atoms with E-state index in [1.54, 1.807) is 19.1 Å². The van der Waals surface area contributed by atoms with Gasteiger partial charge in [0.15, 0.2) is 0 Å². The van der Waals surface area contributed by atoms with Crippen molar-refractivity contribution in [2.75, 3.05) is 106 Å². The monoisotopic (exact) mass is 566 g/mol. The van der Waals surface area contributed by atoms with E-state index >= 15 is 0 Å². The molecule has 0 N–H and O–H groups in total. The molecule has 0 aliphatic heterocycles. The van der Waals surface area contributed by atoms with Gasteiger partial charge in [-0.25, -0.2) is 4.79 Å². The SMILES string of the molecule is CCOC(=O)COCCOCCOCCOCCOCCOCCOCCOS(=O)(=O)c1ccc(C)cc1. The second-order valence-electron chi connectivity index (χ2n) is 7.62. The van der Waals surface area contributed by atoms with Crippen LogP contribution in [0.25, 0.3) is 0 Å². The molecule has 0 aliphatic rings. The number of aryl methyl sites for hydroxylation is 1. The summed E-state index contributed by atoms with van der Waals surface area (Å²) in [6, 6.07) is 6.46. The van der Waals surface area contributed by atoms with E-state index in [1.807, 2.05) is 6.92 Å². The average molecular weight is 567 g/mol. The van der Waals surface area contributed by atoms with Gasteiger partial charge < -0.3 is 37.9 Å². The summed E-state index contributed by atoms with van der Waals surface area (Å²) in [4.78, 5) is 11.2. The Morgan fingerprint density at radius 3 is 1.37 bits per heavy atom. The Morgan fingerprint density at radius 1 is 0.605 bits per heavy atom. The second-order valence-corrected chi connectivity index (χ2v) is 9.24. The molecule has 0 heterocycles. The van der Waals surface area contributed by atoms with Gasteiger partial charge in [-0.2, -0.15) is 8.42 Å². The molecular weight excluding hydrogens is 524 g/mol. The molecular formula is C25H42O12S. The number of hydrogen-bond donors (Lipinski definition) is 0. The molecule has 38 heavy (non-hydrogen) atoms. The van der Waals surface area contributed by atoms with Crippen molar-refractivity contribution in [2.24, 2.45) is 0 Å². The maximum atomic E-state index is 12.0. The summed E-state index contributed by atoms with van der Waals surface area (Å²) >= 11 is 0. The van der Waals surface area contributed by atoms with E-state index in [4.69, 9.17) is 42.1 Å². The van der Waals surface area contributed by atoms with Gasteiger partial charge >= 0.3 is 5.97 Å². The fourth-order valence-electron chi connectivity index (χ4n) is 2.65. The molecule has 0 unspecified atom stereocenters. The quantitative estimate of drug-likeness (QED) is 0.0911. The molecule has 0 saturated carbocycles. The topological polar surface area (TPSA) is 134 Å². The van der Waals surface area contributed by atoms with Crippen LogP contribution in [0.1, 0.15) is 12.5 Å². The highest BCUT2D eigenvalue weighted by molar-refractivity contribution is 7.86. The number of benzene rings is 1. The first-order valence-corrected chi connectivity index (χ1v) is 14.0. The maximum absolute atomic E-state index is 12.0. The molecule has 0 fully saturated rings. The zero-order valence-corrected chi connectivity index (χ0v) is 23.2. The molecule has 0 bridgehead atoms. The molecule has 12 nitrogen and oxygen atoms in total. The fourth-order valence-corrected chi connectivity index (χ4v) is 3.55. The molecule has 0 aliphatic carbocycles. The Kier molecular flexibility index (Phi) is 21.0. The first-order valence-electron chi connectivity index (χ1n) is 12.6. The molecule has 1 aromatic carbocycles. The van der Waals surface area contributed by atoms with Crippen LogP contribution in [0.5, 0.6) is 0 Å². The fraction of sp³-hybridized carbons (Fsp3) is 0.720. The van der Waals surface area contributed by atoms with Gasteiger partial charge in [0.1, 0.15) is 6.61 Å². The van der Waals surface area contributed by atoms with Crippen molar-refractivity contribution in [3.63, 3.8) is 0 Å². The largest absolute Gasteiger partial charge is 0.464 e. The van der Waals surface area contributed by atoms with Crippen molar-refractivity contribution in [2.45, 2.75) is 18.7 Å². The molecule has 0 aromatic heterocycles. The number of carbonyl (C=O) groups is 1. The summed E-state index contributed by atoms with van der Waals surface area (Å²) in [5.41, 5.74) is 0.973. The van der Waals surface area contributed by atoms with E-state index in [0.717, 1.165) is 5.56 Å². The molecule has 220 valence electrons. The third-order valence-electron chi connectivity index (χ3n) is 4.53. The molecule has 0 radical (unpaired) electrons. The highest BCUT2D eigenvalue weighted by Gasteiger charge is 2.14. The lowest BCUT2D eigenvalue weighted by molar-refractivity contribution is -0.149. The minimum absolute atomic E-state index is 0.0621. The Bertz CT molecular complexity index is 801. The van der Waals surface area contributed by atoms with Gasteiger partial charge in [0.25, 0.3) is 10.1 Å². The van der Waals surface area contributed by atoms with Crippen LogP contribution in [-0.4, -0.2) is 120 Å². The summed E-state index contributed by atoms with van der Waals surface area (Å²) < 4.78 is 71.1. The Balaban J connectivity index is 1.75. The van der Waals surface area contributed by atoms with Gasteiger partial charge in [-0.1, -0.05) is 17.7 Å². The van der Waals surface area contributed by atoms with Crippen LogP contribution < -0.4 is 0 Å². The van der Waals surface area contributed by atoms with E-state index < -0.39 is 10.1 Å². The van der Waals surface area contributed by atoms with Gasteiger partial charge in [-0.15, -0.1) is 0 Å². The van der Waals surface area contributed by atoms with Gasteiger partial charge in [0.05, 0.1) is 104 Å². The summed E-state index contributed by atoms with van der Waals surface area (Å²) in [7, 11) is -3.77. The van der Waals surface area contributed by atoms with Gasteiger partial charge in [0, 0.05) is 0 Å². The van der Waals surface area contributed by atoms with Crippen molar-refractivity contribution < 1.29 is 55.3 Å². The van der Waals surface area contributed by atoms with Crippen LogP contribution in [0, 0.1) is 6.92 Å². The Hall–Kier alpha value is -1.68. The molecule has 1 aromatic rings. The third-order valence-corrected chi connectivity index (χ3v) is 5.86. The highest BCUT2D eigenvalue weighted by atomic mass is 32.2. The van der Waals surface area contributed by atoms with Crippen molar-refractivity contribution in [3.8, 4) is 0 Å². The number of hydrogen-bond acceptors (Lipinski definition) is 12. The van der Waals surface area contributed by atoms with Crippen molar-refractivity contribution >= 4 is 16.1 Å². The maximum Gasteiger partial charge on any atom is 0.332 e. The average Bonchev–Trinajstić information content (AvgIpc) is 2.89. The van der Waals surface area contributed by atoms with E-state index in [0.29, 0.717) is 85.9 Å². The predicted octanol–water partition coefficient (Wildman–Crippen LogP) is 1.38. The van der Waals surface area contributed by atoms with Crippen LogP contribution in [0.2, 0.25) is 0 Å². The lowest BCUT2D eigenvalue weighted by Crippen LogP contribution is -2.16. The van der Waals surface area contributed by atoms with Crippen LogP contribution in [0.3, 0.4) is 0 Å². The van der Waals surface area contributed by atoms with Crippen LogP contribution in [-0.2, 0) is 57.0 Å². The lowest BCUT2D eigenvalue weighted by atomic mass is 10.2. The smallest absolute Gasteiger partial charge is 0.332 e. The molecule has 13 heteroatoms. The third kappa shape index (κ3) is 19.4. The highest BCUT2D eigenvalue weighted by Crippen LogP contribution is 2.12. The van der Waals surface area contributed by atoms with Crippen LogP contribution in [0.15, 0.2) is 29.2 Å². The van der Waals surface area contributed by atoms with E-state index in [2.05, 4.69) is 0 Å². The number of esters is 1. The summed E-state index contributed by atoms with van der Waals surface area (Å²) in [6.07, 6.45) is 0. The molecule has 0 amide bonds. The first-order chi connectivity index (χ1) is 18.5. The van der Waals surface area contributed by atoms with Crippen LogP contribution >= 0.6 is 0 Å². The Morgan fingerprint density at radius 2 is 0.974 bits per heavy atom. The normalized spacial score (nSPS) is 11.6. The van der Waals surface area contributed by atoms with Gasteiger partial charge in [0.2, 0.25) is 0 Å². The van der Waals surface area contributed by atoms with Crippen LogP contribution in [0.4, 0.5) is 0 Å². The van der Waals surface area contributed by atoms with Crippen molar-refractivity contribution in [3.05, 3.63) is 29.8 Å². The summed E-state index contributed by atoms with van der Waals surface area (Å²) in [5, 5.41) is 0. The number of ether oxygens (including phenoxy) is 8. The van der Waals surface area contributed by atoms with E-state index in [1.165, 1.54) is 12.1 Å². The minimum atomic E-state index is -3.77. The number of rotatable bonds is 26. The predicted molar refractivity (Wildman–Crippen MR) is 137 cm³/mol. The first kappa shape index (κ1) is 34.3. The lowest BCUT2D eigenvalue weighted by Gasteiger charge is -2.09. The second kappa shape index (κ2) is 23.2. The van der Waals surface area contributed by atoms with E-state index in [9.17, 15) is 13.2 Å². The zero-order valence-electron chi connectivity index (χ0n) is 22.4. The summed E-state index contributed by atoms with van der Waals surface area (Å²) in [5.74, 6) is -0.383. The standard InChI is InChI=1S/C25H42O12S/c1-3-36-25(26)22-35-19-18-33-15-14-31-11-10-29-8-9-30-12-13-32-16-17-34-20-21-37-38(27,28)24-6-4-23(2)5-7-24/h4-7H,3,8-22H2,1-2H3. The van der Waals surface area contributed by atoms with Crippen molar-refractivity contribution in [1.29, 1.82) is 0 Å². The summed E-state index contributed by atoms with van der Waals surface area (Å²) in [6.45, 7) is 8.89.